The highest BCUT2D eigenvalue weighted by Crippen LogP contribution is 2.32. The summed E-state index contributed by atoms with van der Waals surface area (Å²) < 4.78 is 11.8. The maximum atomic E-state index is 5.92. The third kappa shape index (κ3) is 3.61. The molecule has 0 aliphatic carbocycles. The molecule has 0 saturated carbocycles. The van der Waals surface area contributed by atoms with Crippen LogP contribution >= 0.6 is 0 Å². The summed E-state index contributed by atoms with van der Waals surface area (Å²) in [6, 6.07) is 32.3. The average Bonchev–Trinajstić information content (AvgIpc) is 3.58. The number of oxazole rings is 2. The van der Waals surface area contributed by atoms with Gasteiger partial charge in [0.2, 0.25) is 11.8 Å². The van der Waals surface area contributed by atoms with Crippen LogP contribution in [0.15, 0.2) is 118 Å². The smallest absolute Gasteiger partial charge is 0.228 e. The topological polar surface area (TPSA) is 77.8 Å². The normalized spacial score (nSPS) is 11.3. The maximum Gasteiger partial charge on any atom is 0.228 e. The summed E-state index contributed by atoms with van der Waals surface area (Å²) in [7, 11) is 0. The van der Waals surface area contributed by atoms with E-state index >= 15 is 0 Å². The Balaban J connectivity index is 1.24. The van der Waals surface area contributed by atoms with Gasteiger partial charge in [0.05, 0.1) is 0 Å². The van der Waals surface area contributed by atoms with Gasteiger partial charge in [0.25, 0.3) is 0 Å². The zero-order chi connectivity index (χ0) is 23.9. The minimum Gasteiger partial charge on any atom is -0.434 e. The van der Waals surface area contributed by atoms with E-state index in [0.29, 0.717) is 34.2 Å². The fraction of sp³-hybridized carbons (Fsp3) is 0. The van der Waals surface area contributed by atoms with E-state index in [2.05, 4.69) is 68.5 Å². The van der Waals surface area contributed by atoms with Crippen LogP contribution in [0.1, 0.15) is 0 Å². The Morgan fingerprint density at radius 2 is 0.806 bits per heavy atom. The molecule has 7 aromatic rings. The quantitative estimate of drug-likeness (QED) is 0.268. The van der Waals surface area contributed by atoms with Crippen molar-refractivity contribution in [2.24, 2.45) is 0 Å². The molecule has 6 nitrogen and oxygen atoms in total. The molecule has 0 fully saturated rings. The third-order valence-electron chi connectivity index (χ3n) is 6.08. The molecule has 4 aromatic heterocycles. The Morgan fingerprint density at radius 1 is 0.417 bits per heavy atom. The average molecular weight is 467 g/mol. The number of nitrogens with zero attached hydrogens (tertiary/aromatic N) is 4. The summed E-state index contributed by atoms with van der Waals surface area (Å²) in [5.74, 6) is 1.12. The number of benzene rings is 3. The van der Waals surface area contributed by atoms with Gasteiger partial charge in [-0.2, -0.15) is 9.97 Å². The molecule has 7 rings (SSSR count). The molecule has 0 radical (unpaired) electrons. The van der Waals surface area contributed by atoms with Crippen molar-refractivity contribution in [3.8, 4) is 45.2 Å². The highest BCUT2D eigenvalue weighted by Gasteiger charge is 2.12. The second-order valence-corrected chi connectivity index (χ2v) is 8.43. The van der Waals surface area contributed by atoms with Gasteiger partial charge in [-0.15, -0.1) is 0 Å². The Morgan fingerprint density at radius 3 is 1.22 bits per heavy atom. The van der Waals surface area contributed by atoms with Gasteiger partial charge in [-0.05, 0) is 76.9 Å². The lowest BCUT2D eigenvalue weighted by atomic mass is 9.97. The molecule has 0 aliphatic rings. The monoisotopic (exact) mass is 466 g/mol. The lowest BCUT2D eigenvalue weighted by molar-refractivity contribution is 0.619. The van der Waals surface area contributed by atoms with Crippen molar-refractivity contribution < 1.29 is 8.83 Å². The van der Waals surface area contributed by atoms with Crippen LogP contribution in [0.3, 0.4) is 0 Å². The second kappa shape index (κ2) is 8.29. The van der Waals surface area contributed by atoms with Crippen molar-refractivity contribution in [1.29, 1.82) is 0 Å². The molecule has 170 valence electrons. The van der Waals surface area contributed by atoms with E-state index in [1.54, 1.807) is 12.4 Å². The van der Waals surface area contributed by atoms with E-state index in [-0.39, 0.29) is 0 Å². The van der Waals surface area contributed by atoms with Crippen LogP contribution in [0.4, 0.5) is 0 Å². The molecule has 0 bridgehead atoms. The number of hydrogen-bond donors (Lipinski definition) is 0. The first-order valence-electron chi connectivity index (χ1n) is 11.5. The zero-order valence-corrected chi connectivity index (χ0v) is 19.0. The van der Waals surface area contributed by atoms with Crippen molar-refractivity contribution in [2.45, 2.75) is 0 Å². The largest absolute Gasteiger partial charge is 0.434 e. The van der Waals surface area contributed by atoms with Crippen LogP contribution in [-0.4, -0.2) is 19.9 Å². The summed E-state index contributed by atoms with van der Waals surface area (Å²) in [5.41, 5.74) is 8.72. The van der Waals surface area contributed by atoms with Crippen molar-refractivity contribution >= 4 is 22.5 Å². The zero-order valence-electron chi connectivity index (χ0n) is 19.0. The fourth-order valence-corrected chi connectivity index (χ4v) is 4.33. The highest BCUT2D eigenvalue weighted by atomic mass is 16.4. The summed E-state index contributed by atoms with van der Waals surface area (Å²) in [6.07, 6.45) is 3.43. The van der Waals surface area contributed by atoms with Gasteiger partial charge < -0.3 is 8.83 Å². The minimum absolute atomic E-state index is 0.558. The molecule has 0 amide bonds. The van der Waals surface area contributed by atoms with Crippen molar-refractivity contribution in [3.63, 3.8) is 0 Å². The third-order valence-corrected chi connectivity index (χ3v) is 6.08. The number of fused-ring (bicyclic) bond motifs is 2. The molecular formula is C30H18N4O2. The van der Waals surface area contributed by atoms with Gasteiger partial charge >= 0.3 is 0 Å². The lowest BCUT2D eigenvalue weighted by Gasteiger charge is -2.08. The first-order chi connectivity index (χ1) is 17.8. The minimum atomic E-state index is 0.558. The van der Waals surface area contributed by atoms with Gasteiger partial charge in [-0.3, -0.25) is 0 Å². The van der Waals surface area contributed by atoms with Gasteiger partial charge in [-0.1, -0.05) is 42.5 Å². The number of pyridine rings is 2. The summed E-state index contributed by atoms with van der Waals surface area (Å²) in [4.78, 5) is 17.6. The molecule has 0 spiro atoms. The molecule has 0 unspecified atom stereocenters. The fourth-order valence-electron chi connectivity index (χ4n) is 4.33. The van der Waals surface area contributed by atoms with Crippen LogP contribution in [0.5, 0.6) is 0 Å². The molecule has 0 atom stereocenters. The molecule has 0 N–H and O–H groups in total. The second-order valence-electron chi connectivity index (χ2n) is 8.43. The maximum absolute atomic E-state index is 5.92. The highest BCUT2D eigenvalue weighted by molar-refractivity contribution is 5.79. The van der Waals surface area contributed by atoms with Gasteiger partial charge in [0.1, 0.15) is 0 Å². The van der Waals surface area contributed by atoms with E-state index < -0.39 is 0 Å². The van der Waals surface area contributed by atoms with Crippen molar-refractivity contribution in [1.82, 2.24) is 19.9 Å². The van der Waals surface area contributed by atoms with E-state index in [9.17, 15) is 0 Å². The van der Waals surface area contributed by atoms with Crippen LogP contribution in [0.2, 0.25) is 0 Å². The Hall–Kier alpha value is -5.10. The van der Waals surface area contributed by atoms with Gasteiger partial charge in [0, 0.05) is 23.5 Å². The number of rotatable bonds is 4. The lowest BCUT2D eigenvalue weighted by Crippen LogP contribution is -1.85. The first kappa shape index (κ1) is 20.3. The number of aromatic nitrogens is 4. The van der Waals surface area contributed by atoms with Gasteiger partial charge in [0.15, 0.2) is 22.5 Å². The van der Waals surface area contributed by atoms with Gasteiger partial charge in [-0.25, -0.2) is 9.97 Å². The molecule has 6 heteroatoms. The summed E-state index contributed by atoms with van der Waals surface area (Å²) in [6.45, 7) is 0. The van der Waals surface area contributed by atoms with Crippen LogP contribution in [0, 0.1) is 0 Å². The summed E-state index contributed by atoms with van der Waals surface area (Å²) in [5, 5.41) is 0. The number of hydrogen-bond acceptors (Lipinski definition) is 6. The first-order valence-corrected chi connectivity index (χ1v) is 11.5. The van der Waals surface area contributed by atoms with E-state index in [1.807, 2.05) is 48.5 Å². The van der Waals surface area contributed by atoms with E-state index in [4.69, 9.17) is 8.83 Å². The van der Waals surface area contributed by atoms with Crippen LogP contribution in [-0.2, 0) is 0 Å². The molecule has 4 heterocycles. The molecule has 36 heavy (non-hydrogen) atoms. The molecule has 0 saturated heterocycles. The van der Waals surface area contributed by atoms with Crippen LogP contribution in [0.25, 0.3) is 67.6 Å². The molecule has 3 aromatic carbocycles. The Kier molecular flexibility index (Phi) is 4.67. The summed E-state index contributed by atoms with van der Waals surface area (Å²) >= 11 is 0. The SMILES string of the molecule is c1cc(-c2cccc(-c3nc4ncccc4o3)c2)cc(-c2cccc(-c3nc4ncccc4o3)c2)c1. The Labute approximate surface area is 205 Å². The van der Waals surface area contributed by atoms with E-state index in [0.717, 1.165) is 33.4 Å². The predicted molar refractivity (Wildman–Crippen MR) is 139 cm³/mol. The van der Waals surface area contributed by atoms with Crippen molar-refractivity contribution in [2.75, 3.05) is 0 Å². The molecular weight excluding hydrogens is 448 g/mol. The van der Waals surface area contributed by atoms with Crippen LogP contribution < -0.4 is 0 Å². The van der Waals surface area contributed by atoms with Crippen molar-refractivity contribution in [3.05, 3.63) is 109 Å². The Bertz CT molecular complexity index is 1670. The predicted octanol–water partition coefficient (Wildman–Crippen LogP) is 7.43. The molecule has 0 aliphatic heterocycles. The standard InChI is InChI=1S/C30H18N4O2/c1-6-19(21-8-2-10-23(17-21)29-33-27-25(35-29)12-4-14-31-27)16-20(7-1)22-9-3-11-24(18-22)30-34-28-26(36-30)13-5-15-32-28/h1-18H. The van der Waals surface area contributed by atoms with E-state index in [1.165, 1.54) is 0 Å².